The minimum atomic E-state index is -4.52. The van der Waals surface area contributed by atoms with Crippen LogP contribution in [-0.4, -0.2) is 60.9 Å². The van der Waals surface area contributed by atoms with Gasteiger partial charge in [-0.3, -0.25) is 0 Å². The van der Waals surface area contributed by atoms with Crippen molar-refractivity contribution in [2.75, 3.05) is 32.8 Å². The third-order valence-electron chi connectivity index (χ3n) is 3.53. The standard InChI is InChI=1S/C11H18F3NO3/c12-11(13,14)9(16)1-4-15-5-2-10(3-6-15)17-7-8-18-10/h9,16H,1-8H2/t9-/m0/s1. The van der Waals surface area contributed by atoms with Crippen molar-refractivity contribution < 1.29 is 27.8 Å². The van der Waals surface area contributed by atoms with E-state index in [1.165, 1.54) is 0 Å². The molecule has 0 aromatic heterocycles. The van der Waals surface area contributed by atoms with Gasteiger partial charge in [0.1, 0.15) is 0 Å². The summed E-state index contributed by atoms with van der Waals surface area (Å²) in [5.74, 6) is -0.501. The van der Waals surface area contributed by atoms with E-state index >= 15 is 0 Å². The molecule has 2 saturated heterocycles. The maximum Gasteiger partial charge on any atom is 0.414 e. The number of aliphatic hydroxyl groups is 1. The summed E-state index contributed by atoms with van der Waals surface area (Å²) in [6.45, 7) is 2.71. The third-order valence-corrected chi connectivity index (χ3v) is 3.53. The first-order chi connectivity index (χ1) is 8.41. The van der Waals surface area contributed by atoms with Crippen LogP contribution in [0.15, 0.2) is 0 Å². The van der Waals surface area contributed by atoms with Crippen molar-refractivity contribution in [1.29, 1.82) is 0 Å². The Balaban J connectivity index is 1.71. The topological polar surface area (TPSA) is 41.9 Å². The molecule has 7 heteroatoms. The van der Waals surface area contributed by atoms with Gasteiger partial charge < -0.3 is 19.5 Å². The lowest BCUT2D eigenvalue weighted by molar-refractivity contribution is -0.209. The van der Waals surface area contributed by atoms with Crippen molar-refractivity contribution in [3.8, 4) is 0 Å². The van der Waals surface area contributed by atoms with Crippen molar-refractivity contribution in [2.24, 2.45) is 0 Å². The Morgan fingerprint density at radius 2 is 1.72 bits per heavy atom. The highest BCUT2D eigenvalue weighted by Crippen LogP contribution is 2.31. The molecule has 1 N–H and O–H groups in total. The van der Waals surface area contributed by atoms with Gasteiger partial charge in [-0.25, -0.2) is 0 Å². The molecule has 2 aliphatic rings. The van der Waals surface area contributed by atoms with Crippen LogP contribution in [0.4, 0.5) is 13.2 Å². The van der Waals surface area contributed by atoms with Crippen LogP contribution >= 0.6 is 0 Å². The normalized spacial score (nSPS) is 26.7. The van der Waals surface area contributed by atoms with E-state index in [1.54, 1.807) is 0 Å². The van der Waals surface area contributed by atoms with Gasteiger partial charge in [-0.1, -0.05) is 0 Å². The molecule has 2 aliphatic heterocycles. The van der Waals surface area contributed by atoms with Gasteiger partial charge in [-0.15, -0.1) is 0 Å². The molecule has 2 heterocycles. The summed E-state index contributed by atoms with van der Waals surface area (Å²) in [4.78, 5) is 1.91. The first-order valence-electron chi connectivity index (χ1n) is 6.16. The second-order valence-corrected chi connectivity index (χ2v) is 4.80. The van der Waals surface area contributed by atoms with Crippen molar-refractivity contribution in [1.82, 2.24) is 4.90 Å². The Labute approximate surface area is 104 Å². The number of piperidine rings is 1. The number of ether oxygens (including phenoxy) is 2. The predicted molar refractivity (Wildman–Crippen MR) is 57.0 cm³/mol. The lowest BCUT2D eigenvalue weighted by Crippen LogP contribution is -2.46. The van der Waals surface area contributed by atoms with Crippen molar-refractivity contribution >= 4 is 0 Å². The molecule has 0 aromatic rings. The summed E-state index contributed by atoms with van der Waals surface area (Å²) in [5.41, 5.74) is 0. The minimum Gasteiger partial charge on any atom is -0.384 e. The van der Waals surface area contributed by atoms with Crippen molar-refractivity contribution in [2.45, 2.75) is 37.3 Å². The van der Waals surface area contributed by atoms with Gasteiger partial charge in [0, 0.05) is 32.5 Å². The van der Waals surface area contributed by atoms with Crippen LogP contribution in [0.2, 0.25) is 0 Å². The van der Waals surface area contributed by atoms with Gasteiger partial charge in [0.2, 0.25) is 0 Å². The third kappa shape index (κ3) is 3.34. The van der Waals surface area contributed by atoms with Gasteiger partial charge >= 0.3 is 6.18 Å². The van der Waals surface area contributed by atoms with E-state index in [9.17, 15) is 13.2 Å². The van der Waals surface area contributed by atoms with E-state index in [-0.39, 0.29) is 13.0 Å². The van der Waals surface area contributed by atoms with Crippen LogP contribution in [-0.2, 0) is 9.47 Å². The summed E-state index contributed by atoms with van der Waals surface area (Å²) in [7, 11) is 0. The first kappa shape index (κ1) is 14.0. The Kier molecular flexibility index (Phi) is 4.15. The molecule has 1 spiro atoms. The zero-order valence-corrected chi connectivity index (χ0v) is 10.1. The van der Waals surface area contributed by atoms with E-state index in [1.807, 2.05) is 4.90 Å². The highest BCUT2D eigenvalue weighted by molar-refractivity contribution is 4.83. The van der Waals surface area contributed by atoms with Crippen LogP contribution < -0.4 is 0 Å². The Hall–Kier alpha value is -0.370. The summed E-state index contributed by atoms with van der Waals surface area (Å²) < 4.78 is 47.5. The zero-order valence-electron chi connectivity index (χ0n) is 10.1. The van der Waals surface area contributed by atoms with Crippen molar-refractivity contribution in [3.05, 3.63) is 0 Å². The molecular weight excluding hydrogens is 251 g/mol. The number of rotatable bonds is 3. The number of hydrogen-bond acceptors (Lipinski definition) is 4. The molecule has 1 atom stereocenters. The predicted octanol–water partition coefficient (Wildman–Crippen LogP) is 1.14. The van der Waals surface area contributed by atoms with Gasteiger partial charge in [0.15, 0.2) is 11.9 Å². The highest BCUT2D eigenvalue weighted by atomic mass is 19.4. The average Bonchev–Trinajstić information content (AvgIpc) is 2.75. The number of nitrogens with zero attached hydrogens (tertiary/aromatic N) is 1. The molecule has 0 aromatic carbocycles. The molecule has 0 radical (unpaired) electrons. The monoisotopic (exact) mass is 269 g/mol. The SMILES string of the molecule is O[C@@H](CCN1CCC2(CC1)OCCO2)C(F)(F)F. The first-order valence-corrected chi connectivity index (χ1v) is 6.16. The van der Waals surface area contributed by atoms with E-state index in [0.717, 1.165) is 0 Å². The highest BCUT2D eigenvalue weighted by Gasteiger charge is 2.41. The second kappa shape index (κ2) is 5.32. The Morgan fingerprint density at radius 1 is 1.17 bits per heavy atom. The molecule has 0 saturated carbocycles. The number of aliphatic hydroxyl groups excluding tert-OH is 1. The van der Waals surface area contributed by atoms with E-state index in [0.29, 0.717) is 39.1 Å². The molecule has 2 fully saturated rings. The molecule has 0 aliphatic carbocycles. The van der Waals surface area contributed by atoms with Crippen LogP contribution in [0.5, 0.6) is 0 Å². The maximum atomic E-state index is 12.1. The fraction of sp³-hybridized carbons (Fsp3) is 1.00. The summed E-state index contributed by atoms with van der Waals surface area (Å²) in [6, 6.07) is 0. The van der Waals surface area contributed by atoms with Gasteiger partial charge in [-0.2, -0.15) is 13.2 Å². The van der Waals surface area contributed by atoms with Crippen molar-refractivity contribution in [3.63, 3.8) is 0 Å². The van der Waals surface area contributed by atoms with E-state index in [4.69, 9.17) is 14.6 Å². The number of halogens is 3. The fourth-order valence-electron chi connectivity index (χ4n) is 2.37. The molecule has 2 rings (SSSR count). The molecular formula is C11H18F3NO3. The maximum absolute atomic E-state index is 12.1. The smallest absolute Gasteiger partial charge is 0.384 e. The zero-order chi connectivity index (χ0) is 13.2. The lowest BCUT2D eigenvalue weighted by Gasteiger charge is -2.37. The molecule has 18 heavy (non-hydrogen) atoms. The van der Waals surface area contributed by atoms with E-state index in [2.05, 4.69) is 0 Å². The van der Waals surface area contributed by atoms with Gasteiger partial charge in [-0.05, 0) is 6.42 Å². The van der Waals surface area contributed by atoms with Crippen LogP contribution in [0.1, 0.15) is 19.3 Å². The van der Waals surface area contributed by atoms with E-state index < -0.39 is 18.1 Å². The molecule has 0 unspecified atom stereocenters. The molecule has 0 bridgehead atoms. The van der Waals surface area contributed by atoms with Crippen LogP contribution in [0, 0.1) is 0 Å². The summed E-state index contributed by atoms with van der Waals surface area (Å²) in [5, 5.41) is 8.92. The minimum absolute atomic E-state index is 0.247. The Bertz CT molecular complexity index is 269. The summed E-state index contributed by atoms with van der Waals surface area (Å²) >= 11 is 0. The average molecular weight is 269 g/mol. The largest absolute Gasteiger partial charge is 0.414 e. The second-order valence-electron chi connectivity index (χ2n) is 4.80. The van der Waals surface area contributed by atoms with Crippen LogP contribution in [0.3, 0.4) is 0 Å². The fourth-order valence-corrected chi connectivity index (χ4v) is 2.37. The van der Waals surface area contributed by atoms with Crippen LogP contribution in [0.25, 0.3) is 0 Å². The number of alkyl halides is 3. The number of likely N-dealkylation sites (tertiary alicyclic amines) is 1. The Morgan fingerprint density at radius 3 is 2.22 bits per heavy atom. The van der Waals surface area contributed by atoms with Gasteiger partial charge in [0.05, 0.1) is 13.2 Å². The quantitative estimate of drug-likeness (QED) is 0.834. The molecule has 0 amide bonds. The molecule has 4 nitrogen and oxygen atoms in total. The summed E-state index contributed by atoms with van der Waals surface area (Å²) in [6.07, 6.45) is -5.68. The molecule has 106 valence electrons. The number of hydrogen-bond donors (Lipinski definition) is 1. The lowest BCUT2D eigenvalue weighted by atomic mass is 10.0. The van der Waals surface area contributed by atoms with Gasteiger partial charge in [0.25, 0.3) is 0 Å².